The normalized spacial score (nSPS) is 11.8. The lowest BCUT2D eigenvalue weighted by Gasteiger charge is -2.13. The lowest BCUT2D eigenvalue weighted by Crippen LogP contribution is -2.30. The minimum atomic E-state index is -0.427. The molecule has 3 aromatic rings. The zero-order valence-corrected chi connectivity index (χ0v) is 16.6. The third-order valence-corrected chi connectivity index (χ3v) is 5.24. The Morgan fingerprint density at radius 2 is 1.76 bits per heavy atom. The molecule has 0 saturated carbocycles. The van der Waals surface area contributed by atoms with Crippen LogP contribution in [0.5, 0.6) is 0 Å². The molecule has 1 N–H and O–H groups in total. The molecule has 8 heteroatoms. The van der Waals surface area contributed by atoms with Gasteiger partial charge in [-0.1, -0.05) is 30.0 Å². The van der Waals surface area contributed by atoms with E-state index >= 15 is 0 Å². The van der Waals surface area contributed by atoms with Gasteiger partial charge in [0, 0.05) is 18.7 Å². The molecular formula is C21H20F2N4OS. The molecule has 0 radical (unpaired) electrons. The molecular weight excluding hydrogens is 394 g/mol. The van der Waals surface area contributed by atoms with Gasteiger partial charge in [-0.15, -0.1) is 16.8 Å². The first-order chi connectivity index (χ1) is 14.0. The number of amides is 1. The molecule has 0 aliphatic rings. The van der Waals surface area contributed by atoms with Crippen molar-refractivity contribution >= 4 is 17.7 Å². The van der Waals surface area contributed by atoms with Gasteiger partial charge in [0.25, 0.3) is 0 Å². The van der Waals surface area contributed by atoms with E-state index in [2.05, 4.69) is 22.1 Å². The lowest BCUT2D eigenvalue weighted by atomic mass is 10.2. The van der Waals surface area contributed by atoms with Crippen molar-refractivity contribution in [3.05, 3.63) is 78.4 Å². The molecule has 0 unspecified atom stereocenters. The number of hydrogen-bond acceptors (Lipinski definition) is 4. The van der Waals surface area contributed by atoms with Gasteiger partial charge in [-0.3, -0.25) is 9.36 Å². The van der Waals surface area contributed by atoms with Gasteiger partial charge in [-0.2, -0.15) is 0 Å². The second-order valence-electron chi connectivity index (χ2n) is 6.32. The molecule has 0 aliphatic carbocycles. The van der Waals surface area contributed by atoms with Crippen LogP contribution < -0.4 is 5.32 Å². The van der Waals surface area contributed by atoms with E-state index in [9.17, 15) is 13.6 Å². The fourth-order valence-electron chi connectivity index (χ4n) is 2.63. The van der Waals surface area contributed by atoms with Gasteiger partial charge in [-0.25, -0.2) is 8.78 Å². The average molecular weight is 414 g/mol. The molecule has 0 bridgehead atoms. The standard InChI is InChI=1S/C21H20F2N4OS/c1-3-12-27-19(16-6-10-18(23)11-7-16)25-26-21(27)29-14(2)20(28)24-13-15-4-8-17(22)9-5-15/h3-11,14H,1,12-13H2,2H3,(H,24,28)/t14-/m0/s1. The highest BCUT2D eigenvalue weighted by molar-refractivity contribution is 8.00. The Kier molecular flexibility index (Phi) is 6.77. The number of rotatable bonds is 8. The Morgan fingerprint density at radius 3 is 2.38 bits per heavy atom. The number of nitrogens with one attached hydrogen (secondary N) is 1. The van der Waals surface area contributed by atoms with Gasteiger partial charge in [0.2, 0.25) is 5.91 Å². The number of hydrogen-bond donors (Lipinski definition) is 1. The van der Waals surface area contributed by atoms with Gasteiger partial charge >= 0.3 is 0 Å². The van der Waals surface area contributed by atoms with E-state index in [4.69, 9.17) is 0 Å². The largest absolute Gasteiger partial charge is 0.351 e. The van der Waals surface area contributed by atoms with E-state index in [1.165, 1.54) is 36.0 Å². The summed E-state index contributed by atoms with van der Waals surface area (Å²) in [6.45, 7) is 6.29. The molecule has 5 nitrogen and oxygen atoms in total. The quantitative estimate of drug-likeness (QED) is 0.443. The minimum Gasteiger partial charge on any atom is -0.351 e. The minimum absolute atomic E-state index is 0.171. The summed E-state index contributed by atoms with van der Waals surface area (Å²) in [7, 11) is 0. The van der Waals surface area contributed by atoms with Crippen LogP contribution in [0.15, 0.2) is 66.3 Å². The van der Waals surface area contributed by atoms with Crippen LogP contribution in [0.25, 0.3) is 11.4 Å². The molecule has 1 amide bonds. The van der Waals surface area contributed by atoms with Gasteiger partial charge in [-0.05, 0) is 48.9 Å². The molecule has 3 rings (SSSR count). The fraction of sp³-hybridized carbons (Fsp3) is 0.190. The summed E-state index contributed by atoms with van der Waals surface area (Å²) in [6, 6.07) is 12.0. The molecule has 1 heterocycles. The fourth-order valence-corrected chi connectivity index (χ4v) is 3.51. The maximum atomic E-state index is 13.2. The van der Waals surface area contributed by atoms with Gasteiger partial charge in [0.15, 0.2) is 11.0 Å². The van der Waals surface area contributed by atoms with Crippen LogP contribution in [-0.2, 0) is 17.9 Å². The summed E-state index contributed by atoms with van der Waals surface area (Å²) in [4.78, 5) is 12.4. The van der Waals surface area contributed by atoms with Crippen molar-refractivity contribution in [2.75, 3.05) is 0 Å². The Morgan fingerprint density at radius 1 is 1.14 bits per heavy atom. The van der Waals surface area contributed by atoms with Crippen LogP contribution in [0.2, 0.25) is 0 Å². The molecule has 0 saturated heterocycles. The van der Waals surface area contributed by atoms with Crippen LogP contribution in [-0.4, -0.2) is 25.9 Å². The Labute approximate surface area is 171 Å². The van der Waals surface area contributed by atoms with E-state index < -0.39 is 5.25 Å². The molecule has 2 aromatic carbocycles. The molecule has 150 valence electrons. The summed E-state index contributed by atoms with van der Waals surface area (Å²) in [5.41, 5.74) is 1.53. The van der Waals surface area contributed by atoms with Crippen LogP contribution in [0, 0.1) is 11.6 Å². The molecule has 1 aromatic heterocycles. The molecule has 1 atom stereocenters. The summed E-state index contributed by atoms with van der Waals surface area (Å²) in [5, 5.41) is 11.4. The Balaban J connectivity index is 1.69. The zero-order valence-electron chi connectivity index (χ0n) is 15.8. The summed E-state index contributed by atoms with van der Waals surface area (Å²) in [5.74, 6) is -0.241. The number of nitrogens with zero attached hydrogens (tertiary/aromatic N) is 3. The van der Waals surface area contributed by atoms with Crippen molar-refractivity contribution in [1.82, 2.24) is 20.1 Å². The van der Waals surface area contributed by atoms with Crippen molar-refractivity contribution in [1.29, 1.82) is 0 Å². The highest BCUT2D eigenvalue weighted by Crippen LogP contribution is 2.27. The predicted octanol–water partition coefficient (Wildman–Crippen LogP) is 4.21. The average Bonchev–Trinajstić information content (AvgIpc) is 3.10. The van der Waals surface area contributed by atoms with E-state index in [-0.39, 0.29) is 17.5 Å². The van der Waals surface area contributed by atoms with E-state index in [1.807, 2.05) is 4.57 Å². The lowest BCUT2D eigenvalue weighted by molar-refractivity contribution is -0.120. The van der Waals surface area contributed by atoms with E-state index in [1.54, 1.807) is 37.3 Å². The SMILES string of the molecule is C=CCn1c(S[C@@H](C)C(=O)NCc2ccc(F)cc2)nnc1-c1ccc(F)cc1. The number of aromatic nitrogens is 3. The summed E-state index contributed by atoms with van der Waals surface area (Å²) >= 11 is 1.27. The summed E-state index contributed by atoms with van der Waals surface area (Å²) in [6.07, 6.45) is 1.71. The number of allylic oxidation sites excluding steroid dienone is 1. The van der Waals surface area contributed by atoms with Crippen molar-refractivity contribution in [3.8, 4) is 11.4 Å². The topological polar surface area (TPSA) is 59.8 Å². The predicted molar refractivity (Wildman–Crippen MR) is 109 cm³/mol. The number of carbonyl (C=O) groups excluding carboxylic acids is 1. The number of halogens is 2. The number of benzene rings is 2. The highest BCUT2D eigenvalue weighted by Gasteiger charge is 2.20. The van der Waals surface area contributed by atoms with Gasteiger partial charge in [0.05, 0.1) is 5.25 Å². The molecule has 29 heavy (non-hydrogen) atoms. The molecule has 0 fully saturated rings. The first-order valence-corrected chi connectivity index (χ1v) is 9.84. The van der Waals surface area contributed by atoms with Gasteiger partial charge in [0.1, 0.15) is 11.6 Å². The van der Waals surface area contributed by atoms with Crippen LogP contribution >= 0.6 is 11.8 Å². The smallest absolute Gasteiger partial charge is 0.233 e. The Bertz CT molecular complexity index is 987. The van der Waals surface area contributed by atoms with Crippen LogP contribution in [0.4, 0.5) is 8.78 Å². The second-order valence-corrected chi connectivity index (χ2v) is 7.62. The van der Waals surface area contributed by atoms with Crippen molar-refractivity contribution in [3.63, 3.8) is 0 Å². The highest BCUT2D eigenvalue weighted by atomic mass is 32.2. The first-order valence-electron chi connectivity index (χ1n) is 8.96. The van der Waals surface area contributed by atoms with Crippen molar-refractivity contribution in [2.24, 2.45) is 0 Å². The third-order valence-electron chi connectivity index (χ3n) is 4.16. The molecule has 0 aliphatic heterocycles. The monoisotopic (exact) mass is 414 g/mol. The van der Waals surface area contributed by atoms with Gasteiger partial charge < -0.3 is 5.32 Å². The number of carbonyl (C=O) groups is 1. The van der Waals surface area contributed by atoms with E-state index in [0.29, 0.717) is 24.1 Å². The van der Waals surface area contributed by atoms with Crippen LogP contribution in [0.3, 0.4) is 0 Å². The summed E-state index contributed by atoms with van der Waals surface area (Å²) < 4.78 is 28.0. The van der Waals surface area contributed by atoms with E-state index in [0.717, 1.165) is 11.1 Å². The maximum absolute atomic E-state index is 13.2. The molecule has 0 spiro atoms. The Hall–Kier alpha value is -3.00. The first kappa shape index (κ1) is 20.7. The van der Waals surface area contributed by atoms with Crippen LogP contribution in [0.1, 0.15) is 12.5 Å². The maximum Gasteiger partial charge on any atom is 0.233 e. The second kappa shape index (κ2) is 9.47. The zero-order chi connectivity index (χ0) is 20.8. The van der Waals surface area contributed by atoms with Crippen molar-refractivity contribution in [2.45, 2.75) is 30.4 Å². The van der Waals surface area contributed by atoms with Crippen molar-refractivity contribution < 1.29 is 13.6 Å². The number of thioether (sulfide) groups is 1. The third kappa shape index (κ3) is 5.29.